The van der Waals surface area contributed by atoms with Gasteiger partial charge in [-0.05, 0) is 71.3 Å². The third-order valence-electron chi connectivity index (χ3n) is 5.98. The molecule has 1 aromatic carbocycles. The van der Waals surface area contributed by atoms with Crippen molar-refractivity contribution >= 4 is 5.91 Å². The summed E-state index contributed by atoms with van der Waals surface area (Å²) in [6, 6.07) is 11.0. The number of benzene rings is 1. The molecule has 27 heavy (non-hydrogen) atoms. The molecule has 0 spiro atoms. The molecular formula is C22H35N3O2. The van der Waals surface area contributed by atoms with Crippen molar-refractivity contribution in [3.63, 3.8) is 0 Å². The Hall–Kier alpha value is -1.59. The number of hydrogen-bond donors (Lipinski definition) is 1. The highest BCUT2D eigenvalue weighted by Gasteiger charge is 2.31. The quantitative estimate of drug-likeness (QED) is 0.747. The second-order valence-electron chi connectivity index (χ2n) is 8.15. The number of nitrogens with zero attached hydrogens (tertiary/aromatic N) is 2. The van der Waals surface area contributed by atoms with Crippen LogP contribution in [0.5, 0.6) is 5.75 Å². The van der Waals surface area contributed by atoms with E-state index in [1.54, 1.807) is 0 Å². The van der Waals surface area contributed by atoms with Crippen LogP contribution < -0.4 is 10.1 Å². The fourth-order valence-corrected chi connectivity index (χ4v) is 4.32. The van der Waals surface area contributed by atoms with Gasteiger partial charge < -0.3 is 15.0 Å². The molecular weight excluding hydrogens is 338 g/mol. The summed E-state index contributed by atoms with van der Waals surface area (Å²) in [6.45, 7) is 10.1. The van der Waals surface area contributed by atoms with E-state index >= 15 is 0 Å². The molecule has 5 nitrogen and oxygen atoms in total. The molecule has 0 aliphatic carbocycles. The summed E-state index contributed by atoms with van der Waals surface area (Å²) in [5.41, 5.74) is 0. The number of hydrogen-bond acceptors (Lipinski definition) is 4. The van der Waals surface area contributed by atoms with Crippen molar-refractivity contribution in [2.75, 3.05) is 39.3 Å². The third-order valence-corrected chi connectivity index (χ3v) is 5.98. The van der Waals surface area contributed by atoms with Crippen LogP contribution in [0.25, 0.3) is 0 Å². The van der Waals surface area contributed by atoms with Crippen LogP contribution in [0.3, 0.4) is 0 Å². The number of likely N-dealkylation sites (tertiary alicyclic amines) is 2. The van der Waals surface area contributed by atoms with E-state index in [4.69, 9.17) is 4.74 Å². The van der Waals surface area contributed by atoms with Gasteiger partial charge in [-0.2, -0.15) is 0 Å². The molecule has 0 aromatic heterocycles. The molecule has 1 atom stereocenters. The number of para-hydroxylation sites is 1. The molecule has 2 fully saturated rings. The number of carbonyl (C=O) groups is 1. The van der Waals surface area contributed by atoms with Gasteiger partial charge in [0, 0.05) is 18.6 Å². The highest BCUT2D eigenvalue weighted by atomic mass is 16.5. The van der Waals surface area contributed by atoms with E-state index in [0.717, 1.165) is 31.7 Å². The summed E-state index contributed by atoms with van der Waals surface area (Å²) < 4.78 is 5.66. The molecule has 0 radical (unpaired) electrons. The maximum absolute atomic E-state index is 12.6. The van der Waals surface area contributed by atoms with Gasteiger partial charge in [-0.1, -0.05) is 18.2 Å². The normalized spacial score (nSPS) is 22.7. The molecule has 2 saturated heterocycles. The van der Waals surface area contributed by atoms with Crippen LogP contribution >= 0.6 is 0 Å². The molecule has 0 bridgehead atoms. The van der Waals surface area contributed by atoms with E-state index in [1.165, 1.54) is 25.9 Å². The number of amides is 1. The number of rotatable bonds is 7. The molecule has 0 saturated carbocycles. The Morgan fingerprint density at radius 2 is 1.89 bits per heavy atom. The molecule has 0 unspecified atom stereocenters. The first-order chi connectivity index (χ1) is 13.1. The third kappa shape index (κ3) is 5.94. The Morgan fingerprint density at radius 3 is 2.59 bits per heavy atom. The summed E-state index contributed by atoms with van der Waals surface area (Å²) in [6.07, 6.45) is 4.60. The predicted molar refractivity (Wildman–Crippen MR) is 109 cm³/mol. The summed E-state index contributed by atoms with van der Waals surface area (Å²) in [5, 5.41) is 3.07. The van der Waals surface area contributed by atoms with Crippen LogP contribution in [0.15, 0.2) is 30.3 Å². The van der Waals surface area contributed by atoms with Gasteiger partial charge in [0.05, 0.1) is 12.5 Å². The van der Waals surface area contributed by atoms with Crippen LogP contribution in [-0.2, 0) is 4.79 Å². The Morgan fingerprint density at radius 1 is 1.15 bits per heavy atom. The SMILES string of the molecule is CC(C)N1CCC(N2CCC[C@H](C(=O)NCCOc3ccccc3)C2)CC1. The second-order valence-corrected chi connectivity index (χ2v) is 8.15. The molecule has 2 heterocycles. The lowest BCUT2D eigenvalue weighted by Gasteiger charge is -2.43. The van der Waals surface area contributed by atoms with Gasteiger partial charge in [-0.25, -0.2) is 0 Å². The second kappa shape index (κ2) is 10.1. The number of ether oxygens (including phenoxy) is 1. The Bertz CT molecular complexity index is 570. The fourth-order valence-electron chi connectivity index (χ4n) is 4.32. The van der Waals surface area contributed by atoms with Crippen molar-refractivity contribution in [2.45, 2.75) is 51.6 Å². The lowest BCUT2D eigenvalue weighted by Crippen LogP contribution is -2.51. The molecule has 1 N–H and O–H groups in total. The zero-order chi connectivity index (χ0) is 19.1. The monoisotopic (exact) mass is 373 g/mol. The molecule has 2 aliphatic heterocycles. The van der Waals surface area contributed by atoms with E-state index < -0.39 is 0 Å². The lowest BCUT2D eigenvalue weighted by atomic mass is 9.93. The minimum absolute atomic E-state index is 0.124. The van der Waals surface area contributed by atoms with Gasteiger partial charge in [0.2, 0.25) is 5.91 Å². The van der Waals surface area contributed by atoms with Crippen molar-refractivity contribution in [3.05, 3.63) is 30.3 Å². The largest absolute Gasteiger partial charge is 0.492 e. The number of carbonyl (C=O) groups excluding carboxylic acids is 1. The lowest BCUT2D eigenvalue weighted by molar-refractivity contribution is -0.127. The van der Waals surface area contributed by atoms with Gasteiger partial charge in [0.1, 0.15) is 12.4 Å². The van der Waals surface area contributed by atoms with Crippen molar-refractivity contribution in [1.82, 2.24) is 15.1 Å². The van der Waals surface area contributed by atoms with Crippen molar-refractivity contribution in [3.8, 4) is 5.75 Å². The first-order valence-corrected chi connectivity index (χ1v) is 10.6. The van der Waals surface area contributed by atoms with Gasteiger partial charge >= 0.3 is 0 Å². The van der Waals surface area contributed by atoms with Gasteiger partial charge in [-0.15, -0.1) is 0 Å². The van der Waals surface area contributed by atoms with Crippen molar-refractivity contribution in [1.29, 1.82) is 0 Å². The summed E-state index contributed by atoms with van der Waals surface area (Å²) in [4.78, 5) is 17.7. The minimum atomic E-state index is 0.124. The van der Waals surface area contributed by atoms with E-state index in [0.29, 0.717) is 25.2 Å². The van der Waals surface area contributed by atoms with Gasteiger partial charge in [0.15, 0.2) is 0 Å². The smallest absolute Gasteiger partial charge is 0.224 e. The van der Waals surface area contributed by atoms with Gasteiger partial charge in [0.25, 0.3) is 0 Å². The van der Waals surface area contributed by atoms with Crippen molar-refractivity contribution in [2.24, 2.45) is 5.92 Å². The van der Waals surface area contributed by atoms with Gasteiger partial charge in [-0.3, -0.25) is 9.69 Å². The zero-order valence-corrected chi connectivity index (χ0v) is 16.9. The molecule has 1 amide bonds. The molecule has 5 heteroatoms. The minimum Gasteiger partial charge on any atom is -0.492 e. The molecule has 150 valence electrons. The highest BCUT2D eigenvalue weighted by Crippen LogP contribution is 2.24. The summed E-state index contributed by atoms with van der Waals surface area (Å²) >= 11 is 0. The zero-order valence-electron chi connectivity index (χ0n) is 16.9. The number of nitrogens with one attached hydrogen (secondary N) is 1. The van der Waals surface area contributed by atoms with Crippen molar-refractivity contribution < 1.29 is 9.53 Å². The topological polar surface area (TPSA) is 44.8 Å². The van der Waals surface area contributed by atoms with Crippen LogP contribution in [0, 0.1) is 5.92 Å². The molecule has 2 aliphatic rings. The van der Waals surface area contributed by atoms with Crippen LogP contribution in [-0.4, -0.2) is 67.1 Å². The van der Waals surface area contributed by atoms with Crippen LogP contribution in [0.2, 0.25) is 0 Å². The summed E-state index contributed by atoms with van der Waals surface area (Å²) in [5.74, 6) is 1.16. The first-order valence-electron chi connectivity index (χ1n) is 10.6. The average Bonchev–Trinajstić information content (AvgIpc) is 2.72. The standard InChI is InChI=1S/C22H35N3O2/c1-18(2)24-14-10-20(11-15-24)25-13-6-7-19(17-25)22(26)23-12-16-27-21-8-4-3-5-9-21/h3-5,8-9,18-20H,6-7,10-17H2,1-2H3,(H,23,26)/t19-/m0/s1. The highest BCUT2D eigenvalue weighted by molar-refractivity contribution is 5.78. The first kappa shape index (κ1) is 20.2. The summed E-state index contributed by atoms with van der Waals surface area (Å²) in [7, 11) is 0. The molecule has 1 aromatic rings. The van der Waals surface area contributed by atoms with Crippen LogP contribution in [0.1, 0.15) is 39.5 Å². The fraction of sp³-hybridized carbons (Fsp3) is 0.682. The average molecular weight is 374 g/mol. The maximum atomic E-state index is 12.6. The maximum Gasteiger partial charge on any atom is 0.224 e. The molecule has 3 rings (SSSR count). The Labute approximate surface area is 164 Å². The predicted octanol–water partition coefficient (Wildman–Crippen LogP) is 2.77. The van der Waals surface area contributed by atoms with E-state index in [9.17, 15) is 4.79 Å². The van der Waals surface area contributed by atoms with E-state index in [1.807, 2.05) is 30.3 Å². The Kier molecular flexibility index (Phi) is 7.53. The van der Waals surface area contributed by atoms with Crippen LogP contribution in [0.4, 0.5) is 0 Å². The Balaban J connectivity index is 1.38. The number of piperidine rings is 2. The van der Waals surface area contributed by atoms with E-state index in [2.05, 4.69) is 29.0 Å². The van der Waals surface area contributed by atoms with E-state index in [-0.39, 0.29) is 11.8 Å².